The molecule has 0 spiro atoms. The topological polar surface area (TPSA) is 49.3 Å². The molecule has 7 rings (SSSR count). The van der Waals surface area contributed by atoms with Gasteiger partial charge in [-0.25, -0.2) is 4.79 Å². The van der Waals surface area contributed by atoms with Gasteiger partial charge in [0.05, 0.1) is 6.04 Å². The lowest BCUT2D eigenvalue weighted by Gasteiger charge is -2.56. The lowest BCUT2D eigenvalue weighted by atomic mass is 9.53. The van der Waals surface area contributed by atoms with Gasteiger partial charge in [0.15, 0.2) is 0 Å². The van der Waals surface area contributed by atoms with Gasteiger partial charge in [-0.2, -0.15) is 0 Å². The summed E-state index contributed by atoms with van der Waals surface area (Å²) in [5.74, 6) is 2.51. The van der Waals surface area contributed by atoms with Crippen molar-refractivity contribution in [3.8, 4) is 5.00 Å². The van der Waals surface area contributed by atoms with Crippen LogP contribution in [0.2, 0.25) is 0 Å². The van der Waals surface area contributed by atoms with Crippen LogP contribution in [0.5, 0.6) is 0 Å². The van der Waals surface area contributed by atoms with Crippen LogP contribution < -0.4 is 10.6 Å². The summed E-state index contributed by atoms with van der Waals surface area (Å²) in [6, 6.07) is 4.19. The molecule has 1 atom stereocenters. The smallest absolute Gasteiger partial charge is 0.315 e. The Morgan fingerprint density at radius 2 is 1.81 bits per heavy atom. The highest BCUT2D eigenvalue weighted by atomic mass is 32.1. The fourth-order valence-electron chi connectivity index (χ4n) is 7.65. The molecule has 4 aliphatic carbocycles. The van der Waals surface area contributed by atoms with Crippen molar-refractivity contribution in [3.63, 3.8) is 0 Å². The Balaban J connectivity index is 1.23. The van der Waals surface area contributed by atoms with Gasteiger partial charge in [-0.15, -0.1) is 11.3 Å². The largest absolute Gasteiger partial charge is 0.333 e. The third kappa shape index (κ3) is 3.60. The summed E-state index contributed by atoms with van der Waals surface area (Å²) in [7, 11) is 0. The highest BCUT2D eigenvalue weighted by Gasteiger charge is 2.51. The summed E-state index contributed by atoms with van der Waals surface area (Å²) in [4.78, 5) is 17.2. The summed E-state index contributed by atoms with van der Waals surface area (Å²) in [5, 5.41) is 8.14. The lowest BCUT2D eigenvalue weighted by Crippen LogP contribution is -2.61. The number of nitrogens with one attached hydrogen (secondary N) is 2. The Labute approximate surface area is 195 Å². The van der Waals surface area contributed by atoms with Crippen molar-refractivity contribution in [1.82, 2.24) is 20.1 Å². The molecule has 172 valence electrons. The first kappa shape index (κ1) is 20.8. The Bertz CT molecular complexity index is 959. The van der Waals surface area contributed by atoms with Crippen molar-refractivity contribution >= 4 is 17.4 Å². The van der Waals surface area contributed by atoms with Crippen LogP contribution >= 0.6 is 11.3 Å². The second kappa shape index (κ2) is 7.91. The second-order valence-corrected chi connectivity index (χ2v) is 12.0. The van der Waals surface area contributed by atoms with Gasteiger partial charge in [0, 0.05) is 41.5 Å². The molecule has 5 nitrogen and oxygen atoms in total. The maximum absolute atomic E-state index is 13.3. The molecular formula is C26H36N4OS. The van der Waals surface area contributed by atoms with E-state index in [1.807, 2.05) is 11.3 Å². The summed E-state index contributed by atoms with van der Waals surface area (Å²) in [6.07, 6.45) is 13.1. The van der Waals surface area contributed by atoms with Crippen LogP contribution in [0.1, 0.15) is 74.4 Å². The molecular weight excluding hydrogens is 416 g/mol. The SMILES string of the molecule is CCN1CCc2c(sc(-n3cccc3)c2C(C)NC(=O)NC23CC4CC(CC(C4)C2)C3)C1. The highest BCUT2D eigenvalue weighted by Crippen LogP contribution is 2.55. The number of aromatic nitrogens is 1. The molecule has 0 saturated heterocycles. The van der Waals surface area contributed by atoms with Crippen LogP contribution in [-0.4, -0.2) is 34.1 Å². The van der Waals surface area contributed by atoms with Gasteiger partial charge in [0.2, 0.25) is 0 Å². The van der Waals surface area contributed by atoms with E-state index in [-0.39, 0.29) is 17.6 Å². The van der Waals surface area contributed by atoms with E-state index in [0.29, 0.717) is 0 Å². The molecule has 3 heterocycles. The number of urea groups is 1. The number of hydrogen-bond donors (Lipinski definition) is 2. The van der Waals surface area contributed by atoms with Crippen LogP contribution in [0.25, 0.3) is 5.00 Å². The number of thiophene rings is 1. The summed E-state index contributed by atoms with van der Waals surface area (Å²) in [6.45, 7) is 7.63. The lowest BCUT2D eigenvalue weighted by molar-refractivity contribution is -0.0136. The van der Waals surface area contributed by atoms with Crippen molar-refractivity contribution in [2.45, 2.75) is 76.9 Å². The minimum absolute atomic E-state index is 0.00510. The molecule has 2 amide bonds. The van der Waals surface area contributed by atoms with E-state index in [1.54, 1.807) is 0 Å². The van der Waals surface area contributed by atoms with Crippen LogP contribution in [0.4, 0.5) is 4.79 Å². The highest BCUT2D eigenvalue weighted by molar-refractivity contribution is 7.15. The number of nitrogens with zero attached hydrogens (tertiary/aromatic N) is 2. The molecule has 5 aliphatic rings. The first-order valence-electron chi connectivity index (χ1n) is 12.6. The third-order valence-corrected chi connectivity index (χ3v) is 9.89. The van der Waals surface area contributed by atoms with Crippen molar-refractivity contribution in [1.29, 1.82) is 0 Å². The van der Waals surface area contributed by atoms with Gasteiger partial charge in [-0.05, 0) is 93.9 Å². The van der Waals surface area contributed by atoms with Crippen LogP contribution in [-0.2, 0) is 13.0 Å². The molecule has 4 saturated carbocycles. The standard InChI is InChI=1S/C26H36N4OS/c1-3-29-9-6-21-22(16-29)32-24(30-7-4-5-8-30)23(21)17(2)27-25(31)28-26-13-18-10-19(14-26)12-20(11-18)15-26/h4-5,7-8,17-20H,3,6,9-16H2,1-2H3,(H2,27,28,31). The number of carbonyl (C=O) groups is 1. The van der Waals surface area contributed by atoms with E-state index in [4.69, 9.17) is 0 Å². The third-order valence-electron chi connectivity index (χ3n) is 8.64. The first-order valence-corrected chi connectivity index (χ1v) is 13.4. The Morgan fingerprint density at radius 3 is 2.44 bits per heavy atom. The molecule has 1 unspecified atom stereocenters. The summed E-state index contributed by atoms with van der Waals surface area (Å²) < 4.78 is 2.23. The zero-order valence-corrected chi connectivity index (χ0v) is 20.2. The number of amides is 2. The molecule has 2 N–H and O–H groups in total. The molecule has 4 fully saturated rings. The van der Waals surface area contributed by atoms with Crippen LogP contribution in [0.3, 0.4) is 0 Å². The van der Waals surface area contributed by atoms with E-state index in [1.165, 1.54) is 59.5 Å². The predicted octanol–water partition coefficient (Wildman–Crippen LogP) is 5.25. The van der Waals surface area contributed by atoms with Crippen LogP contribution in [0.15, 0.2) is 24.5 Å². The molecule has 32 heavy (non-hydrogen) atoms. The average Bonchev–Trinajstić information content (AvgIpc) is 3.39. The molecule has 0 radical (unpaired) electrons. The number of likely N-dealkylation sites (N-methyl/N-ethyl adjacent to an activating group) is 1. The normalized spacial score (nSPS) is 32.0. The molecule has 0 aromatic carbocycles. The number of rotatable bonds is 5. The van der Waals surface area contributed by atoms with Crippen molar-refractivity contribution in [2.75, 3.05) is 13.1 Å². The predicted molar refractivity (Wildman–Crippen MR) is 129 cm³/mol. The Morgan fingerprint density at radius 1 is 1.16 bits per heavy atom. The van der Waals surface area contributed by atoms with Gasteiger partial charge in [-0.1, -0.05) is 6.92 Å². The summed E-state index contributed by atoms with van der Waals surface area (Å²) in [5.41, 5.74) is 2.83. The molecule has 2 aromatic heterocycles. The zero-order valence-electron chi connectivity index (χ0n) is 19.4. The minimum Gasteiger partial charge on any atom is -0.333 e. The maximum Gasteiger partial charge on any atom is 0.315 e. The minimum atomic E-state index is -0.00510. The first-order chi connectivity index (χ1) is 15.5. The maximum atomic E-state index is 13.3. The fourth-order valence-corrected chi connectivity index (χ4v) is 9.11. The van der Waals surface area contributed by atoms with E-state index >= 15 is 0 Å². The van der Waals surface area contributed by atoms with Gasteiger partial charge in [-0.3, -0.25) is 4.90 Å². The number of carbonyl (C=O) groups excluding carboxylic acids is 1. The van der Waals surface area contributed by atoms with Gasteiger partial charge >= 0.3 is 6.03 Å². The molecule has 4 bridgehead atoms. The van der Waals surface area contributed by atoms with Gasteiger partial charge < -0.3 is 15.2 Å². The fraction of sp³-hybridized carbons (Fsp3) is 0.654. The van der Waals surface area contributed by atoms with E-state index in [2.05, 4.69) is 58.5 Å². The zero-order chi connectivity index (χ0) is 21.9. The van der Waals surface area contributed by atoms with Gasteiger partial charge in [0.25, 0.3) is 0 Å². The number of hydrogen-bond acceptors (Lipinski definition) is 3. The average molecular weight is 453 g/mol. The monoisotopic (exact) mass is 452 g/mol. The van der Waals surface area contributed by atoms with Crippen molar-refractivity contribution in [3.05, 3.63) is 40.5 Å². The Hall–Kier alpha value is -1.79. The van der Waals surface area contributed by atoms with Crippen molar-refractivity contribution < 1.29 is 4.79 Å². The number of fused-ring (bicyclic) bond motifs is 1. The second-order valence-electron chi connectivity index (χ2n) is 10.9. The molecule has 2 aromatic rings. The van der Waals surface area contributed by atoms with Gasteiger partial charge in [0.1, 0.15) is 5.00 Å². The quantitative estimate of drug-likeness (QED) is 0.651. The Kier molecular flexibility index (Phi) is 5.14. The summed E-state index contributed by atoms with van der Waals surface area (Å²) >= 11 is 1.90. The van der Waals surface area contributed by atoms with E-state index in [9.17, 15) is 4.79 Å². The van der Waals surface area contributed by atoms with E-state index in [0.717, 1.165) is 43.8 Å². The van der Waals surface area contributed by atoms with E-state index < -0.39 is 0 Å². The molecule has 6 heteroatoms. The molecule has 1 aliphatic heterocycles. The van der Waals surface area contributed by atoms with Crippen molar-refractivity contribution in [2.24, 2.45) is 17.8 Å². The van der Waals surface area contributed by atoms with Crippen LogP contribution in [0, 0.1) is 17.8 Å².